The highest BCUT2D eigenvalue weighted by atomic mass is 32.2. The number of thioether (sulfide) groups is 1. The molecule has 0 radical (unpaired) electrons. The van der Waals surface area contributed by atoms with E-state index in [1.165, 1.54) is 35.2 Å². The van der Waals surface area contributed by atoms with Gasteiger partial charge in [0.05, 0.1) is 25.0 Å². The minimum atomic E-state index is -0.798. The van der Waals surface area contributed by atoms with Gasteiger partial charge >= 0.3 is 0 Å². The van der Waals surface area contributed by atoms with Crippen molar-refractivity contribution in [3.63, 3.8) is 0 Å². The van der Waals surface area contributed by atoms with Gasteiger partial charge in [-0.3, -0.25) is 14.5 Å². The maximum absolute atomic E-state index is 14.0. The highest BCUT2D eigenvalue weighted by molar-refractivity contribution is 8.15. The molecule has 0 saturated carbocycles. The van der Waals surface area contributed by atoms with Crippen molar-refractivity contribution in [1.29, 1.82) is 0 Å². The molecule has 0 spiro atoms. The smallest absolute Gasteiger partial charge is 0.238 e. The summed E-state index contributed by atoms with van der Waals surface area (Å²) >= 11 is 1.12. The summed E-state index contributed by atoms with van der Waals surface area (Å²) in [6, 6.07) is 18.6. The molecule has 0 bridgehead atoms. The molecule has 1 saturated heterocycles. The van der Waals surface area contributed by atoms with Gasteiger partial charge in [0.2, 0.25) is 11.8 Å². The first-order chi connectivity index (χ1) is 16.4. The second-order valence-corrected chi connectivity index (χ2v) is 8.65. The average Bonchev–Trinajstić information content (AvgIpc) is 2.84. The van der Waals surface area contributed by atoms with Crippen LogP contribution in [0.3, 0.4) is 0 Å². The summed E-state index contributed by atoms with van der Waals surface area (Å²) in [6.07, 6.45) is -0.0895. The number of benzene rings is 3. The summed E-state index contributed by atoms with van der Waals surface area (Å²) in [5, 5.41) is 2.07. The number of hydrogen-bond donors (Lipinski definition) is 1. The van der Waals surface area contributed by atoms with Gasteiger partial charge in [0, 0.05) is 6.42 Å². The second-order valence-electron chi connectivity index (χ2n) is 7.48. The fourth-order valence-electron chi connectivity index (χ4n) is 3.31. The number of amidine groups is 1. The van der Waals surface area contributed by atoms with Crippen LogP contribution in [-0.4, -0.2) is 34.2 Å². The fourth-order valence-corrected chi connectivity index (χ4v) is 4.41. The highest BCUT2D eigenvalue weighted by Gasteiger charge is 2.36. The summed E-state index contributed by atoms with van der Waals surface area (Å²) in [5.74, 6) is -1.09. The molecule has 4 rings (SSSR count). The third-order valence-corrected chi connectivity index (χ3v) is 6.30. The third kappa shape index (κ3) is 5.60. The number of hydrogen-bond acceptors (Lipinski definition) is 5. The lowest BCUT2D eigenvalue weighted by atomic mass is 10.2. The Hall–Kier alpha value is -3.72. The molecule has 1 aliphatic rings. The molecule has 1 unspecified atom stereocenters. The largest absolute Gasteiger partial charge is 0.497 e. The van der Waals surface area contributed by atoms with Gasteiger partial charge in [-0.2, -0.15) is 0 Å². The molecule has 1 fully saturated rings. The first-order valence-corrected chi connectivity index (χ1v) is 11.3. The van der Waals surface area contributed by atoms with Crippen molar-refractivity contribution in [1.82, 2.24) is 4.90 Å². The molecule has 1 heterocycles. The molecular weight excluding hydrogens is 460 g/mol. The lowest BCUT2D eigenvalue weighted by Crippen LogP contribution is -2.44. The number of carbonyl (C=O) groups is 2. The van der Waals surface area contributed by atoms with Gasteiger partial charge in [0.15, 0.2) is 5.17 Å². The van der Waals surface area contributed by atoms with Gasteiger partial charge in [-0.05, 0) is 54.1 Å². The fraction of sp³-hybridized carbons (Fsp3) is 0.160. The summed E-state index contributed by atoms with van der Waals surface area (Å²) in [5.41, 5.74) is 1.32. The molecule has 0 aromatic heterocycles. The number of carbonyl (C=O) groups excluding carboxylic acids is 2. The number of para-hydroxylation sites is 1. The summed E-state index contributed by atoms with van der Waals surface area (Å²) in [4.78, 5) is 32.0. The maximum Gasteiger partial charge on any atom is 0.238 e. The highest BCUT2D eigenvalue weighted by Crippen LogP contribution is 2.31. The topological polar surface area (TPSA) is 71.0 Å². The van der Waals surface area contributed by atoms with Crippen LogP contribution in [0.25, 0.3) is 0 Å². The van der Waals surface area contributed by atoms with Crippen LogP contribution >= 0.6 is 11.8 Å². The zero-order valence-corrected chi connectivity index (χ0v) is 19.0. The second kappa shape index (κ2) is 10.5. The van der Waals surface area contributed by atoms with Gasteiger partial charge in [-0.15, -0.1) is 0 Å². The Kier molecular flexibility index (Phi) is 7.22. The van der Waals surface area contributed by atoms with Crippen LogP contribution in [-0.2, 0) is 16.1 Å². The van der Waals surface area contributed by atoms with E-state index in [1.807, 2.05) is 0 Å². The lowest BCUT2D eigenvalue weighted by Gasteiger charge is -2.32. The molecule has 3 aromatic carbocycles. The number of ether oxygens (including phenoxy) is 1. The van der Waals surface area contributed by atoms with E-state index in [0.717, 1.165) is 11.8 Å². The minimum absolute atomic E-state index is 0.0444. The zero-order valence-electron chi connectivity index (χ0n) is 18.2. The van der Waals surface area contributed by atoms with Crippen molar-refractivity contribution in [3.05, 3.63) is 90.0 Å². The number of nitrogens with one attached hydrogen (secondary N) is 1. The maximum atomic E-state index is 14.0. The zero-order chi connectivity index (χ0) is 24.1. The lowest BCUT2D eigenvalue weighted by molar-refractivity contribution is -0.129. The Morgan fingerprint density at radius 1 is 1.09 bits per heavy atom. The van der Waals surface area contributed by atoms with Crippen molar-refractivity contribution < 1.29 is 23.1 Å². The van der Waals surface area contributed by atoms with Crippen molar-refractivity contribution in [2.75, 3.05) is 12.4 Å². The van der Waals surface area contributed by atoms with Crippen molar-refractivity contribution in [2.45, 2.75) is 18.2 Å². The van der Waals surface area contributed by atoms with Crippen LogP contribution < -0.4 is 10.1 Å². The molecule has 1 N–H and O–H groups in total. The normalized spacial score (nSPS) is 17.0. The Morgan fingerprint density at radius 3 is 2.47 bits per heavy atom. The number of rotatable bonds is 6. The molecule has 0 aliphatic carbocycles. The van der Waals surface area contributed by atoms with Gasteiger partial charge in [-0.25, -0.2) is 13.8 Å². The first-order valence-electron chi connectivity index (χ1n) is 10.4. The number of halogens is 2. The predicted molar refractivity (Wildman–Crippen MR) is 128 cm³/mol. The first kappa shape index (κ1) is 23.4. The van der Waals surface area contributed by atoms with E-state index >= 15 is 0 Å². The van der Waals surface area contributed by atoms with Crippen molar-refractivity contribution in [2.24, 2.45) is 4.99 Å². The molecule has 174 valence electrons. The number of methoxy groups -OCH3 is 1. The van der Waals surface area contributed by atoms with Crippen LogP contribution in [0.4, 0.5) is 20.2 Å². The molecular formula is C25H21F2N3O3S. The van der Waals surface area contributed by atoms with Gasteiger partial charge in [0.25, 0.3) is 0 Å². The SMILES string of the molecule is COc1ccc(N=C2SC(C(=O)Nc3ccccc3F)CC(=O)N2Cc2ccc(F)cc2)cc1. The van der Waals surface area contributed by atoms with E-state index in [9.17, 15) is 18.4 Å². The summed E-state index contributed by atoms with van der Waals surface area (Å²) in [7, 11) is 1.56. The Balaban J connectivity index is 1.61. The Morgan fingerprint density at radius 2 is 1.79 bits per heavy atom. The standard InChI is InChI=1S/C25H21F2N3O3S/c1-33-19-12-10-18(11-13-19)28-25-30(15-16-6-8-17(26)9-7-16)23(31)14-22(34-25)24(32)29-21-5-3-2-4-20(21)27/h2-13,22H,14-15H2,1H3,(H,29,32). The predicted octanol–water partition coefficient (Wildman–Crippen LogP) is 5.13. The molecule has 2 amide bonds. The summed E-state index contributed by atoms with van der Waals surface area (Å²) in [6.45, 7) is 0.169. The molecule has 6 nitrogen and oxygen atoms in total. The van der Waals surface area contributed by atoms with Crippen LogP contribution in [0.5, 0.6) is 5.75 Å². The quantitative estimate of drug-likeness (QED) is 0.530. The van der Waals surface area contributed by atoms with E-state index in [0.29, 0.717) is 22.2 Å². The monoisotopic (exact) mass is 481 g/mol. The Bertz CT molecular complexity index is 1220. The van der Waals surface area contributed by atoms with E-state index in [2.05, 4.69) is 10.3 Å². The van der Waals surface area contributed by atoms with Crippen LogP contribution in [0.1, 0.15) is 12.0 Å². The number of aliphatic imine (C=N–C) groups is 1. The van der Waals surface area contributed by atoms with Crippen molar-refractivity contribution >= 4 is 40.1 Å². The number of anilines is 1. The molecule has 3 aromatic rings. The van der Waals surface area contributed by atoms with E-state index < -0.39 is 17.0 Å². The molecule has 9 heteroatoms. The van der Waals surface area contributed by atoms with Gasteiger partial charge in [0.1, 0.15) is 22.6 Å². The molecule has 1 atom stereocenters. The number of nitrogens with zero attached hydrogens (tertiary/aromatic N) is 2. The Labute approximate surface area is 199 Å². The van der Waals surface area contributed by atoms with Crippen molar-refractivity contribution in [3.8, 4) is 5.75 Å². The van der Waals surface area contributed by atoms with E-state index in [4.69, 9.17) is 4.74 Å². The molecule has 1 aliphatic heterocycles. The minimum Gasteiger partial charge on any atom is -0.497 e. The third-order valence-electron chi connectivity index (χ3n) is 5.11. The average molecular weight is 482 g/mol. The van der Waals surface area contributed by atoms with Gasteiger partial charge in [-0.1, -0.05) is 36.0 Å². The van der Waals surface area contributed by atoms with E-state index in [-0.39, 0.29) is 30.4 Å². The summed E-state index contributed by atoms with van der Waals surface area (Å²) < 4.78 is 32.5. The number of amides is 2. The molecule has 34 heavy (non-hydrogen) atoms. The van der Waals surface area contributed by atoms with Crippen LogP contribution in [0.15, 0.2) is 77.8 Å². The van der Waals surface area contributed by atoms with Crippen LogP contribution in [0.2, 0.25) is 0 Å². The van der Waals surface area contributed by atoms with E-state index in [1.54, 1.807) is 49.6 Å². The van der Waals surface area contributed by atoms with Crippen LogP contribution in [0, 0.1) is 11.6 Å². The van der Waals surface area contributed by atoms with Gasteiger partial charge < -0.3 is 10.1 Å².